The van der Waals surface area contributed by atoms with Crippen molar-refractivity contribution in [1.82, 2.24) is 20.1 Å². The lowest BCUT2D eigenvalue weighted by molar-refractivity contribution is 0.639. The van der Waals surface area contributed by atoms with Crippen molar-refractivity contribution in [3.05, 3.63) is 34.6 Å². The Morgan fingerprint density at radius 1 is 1.44 bits per heavy atom. The maximum atomic E-state index is 4.24. The predicted octanol–water partition coefficient (Wildman–Crippen LogP) is 3.01. The summed E-state index contributed by atoms with van der Waals surface area (Å²) in [7, 11) is 3.86. The third kappa shape index (κ3) is 2.93. The second-order valence-corrected chi connectivity index (χ2v) is 5.89. The van der Waals surface area contributed by atoms with Gasteiger partial charge in [0, 0.05) is 22.5 Å². The van der Waals surface area contributed by atoms with Crippen molar-refractivity contribution in [2.24, 2.45) is 7.05 Å². The third-order valence-corrected chi connectivity index (χ3v) is 4.38. The SMILES string of the molecule is CNC(C)c1cc(Br)ccc1Sc1ncnn1C. The highest BCUT2D eigenvalue weighted by molar-refractivity contribution is 9.10. The second-order valence-electron chi connectivity index (χ2n) is 3.96. The van der Waals surface area contributed by atoms with Crippen LogP contribution in [0.1, 0.15) is 18.5 Å². The number of hydrogen-bond donors (Lipinski definition) is 1. The van der Waals surface area contributed by atoms with Gasteiger partial charge >= 0.3 is 0 Å². The number of nitrogens with one attached hydrogen (secondary N) is 1. The molecule has 0 aliphatic heterocycles. The lowest BCUT2D eigenvalue weighted by Gasteiger charge is -2.15. The summed E-state index contributed by atoms with van der Waals surface area (Å²) >= 11 is 5.14. The molecule has 1 aromatic heterocycles. The van der Waals surface area contributed by atoms with E-state index in [2.05, 4.69) is 50.4 Å². The van der Waals surface area contributed by atoms with Crippen molar-refractivity contribution in [1.29, 1.82) is 0 Å². The van der Waals surface area contributed by atoms with Gasteiger partial charge in [-0.15, -0.1) is 0 Å². The predicted molar refractivity (Wildman–Crippen MR) is 76.7 cm³/mol. The standard InChI is InChI=1S/C12H15BrN4S/c1-8(14-2)10-6-9(13)4-5-11(10)18-12-15-7-16-17(12)3/h4-8,14H,1-3H3. The van der Waals surface area contributed by atoms with E-state index in [-0.39, 0.29) is 0 Å². The Morgan fingerprint density at radius 3 is 2.83 bits per heavy atom. The number of halogens is 1. The summed E-state index contributed by atoms with van der Waals surface area (Å²) in [5.41, 5.74) is 1.25. The molecular weight excluding hydrogens is 312 g/mol. The molecule has 0 bridgehead atoms. The molecule has 2 rings (SSSR count). The highest BCUT2D eigenvalue weighted by Gasteiger charge is 2.12. The number of aryl methyl sites for hydroxylation is 1. The molecule has 4 nitrogen and oxygen atoms in total. The zero-order chi connectivity index (χ0) is 13.1. The molecule has 1 heterocycles. The van der Waals surface area contributed by atoms with Crippen LogP contribution in [0, 0.1) is 0 Å². The second kappa shape index (κ2) is 5.86. The molecule has 0 aliphatic rings. The highest BCUT2D eigenvalue weighted by atomic mass is 79.9. The summed E-state index contributed by atoms with van der Waals surface area (Å²) in [5, 5.41) is 8.24. The summed E-state index contributed by atoms with van der Waals surface area (Å²) in [4.78, 5) is 5.43. The fourth-order valence-corrected chi connectivity index (χ4v) is 2.93. The van der Waals surface area contributed by atoms with E-state index in [4.69, 9.17) is 0 Å². The van der Waals surface area contributed by atoms with Crippen LogP contribution in [-0.2, 0) is 7.05 Å². The minimum absolute atomic E-state index is 0.290. The zero-order valence-corrected chi connectivity index (χ0v) is 12.9. The Labute approximate surface area is 119 Å². The Hall–Kier alpha value is -0.850. The number of benzene rings is 1. The van der Waals surface area contributed by atoms with E-state index in [9.17, 15) is 0 Å². The van der Waals surface area contributed by atoms with Gasteiger partial charge in [0.15, 0.2) is 5.16 Å². The van der Waals surface area contributed by atoms with Gasteiger partial charge in [-0.25, -0.2) is 9.67 Å². The molecule has 0 amide bonds. The minimum atomic E-state index is 0.290. The quantitative estimate of drug-likeness (QED) is 0.937. The van der Waals surface area contributed by atoms with Crippen molar-refractivity contribution in [2.45, 2.75) is 23.0 Å². The van der Waals surface area contributed by atoms with Crippen LogP contribution in [0.3, 0.4) is 0 Å². The van der Waals surface area contributed by atoms with Crippen molar-refractivity contribution < 1.29 is 0 Å². The van der Waals surface area contributed by atoms with Crippen LogP contribution in [0.4, 0.5) is 0 Å². The first-order chi connectivity index (χ1) is 8.61. The molecule has 1 aromatic carbocycles. The van der Waals surface area contributed by atoms with Crippen LogP contribution in [0.2, 0.25) is 0 Å². The summed E-state index contributed by atoms with van der Waals surface area (Å²) in [5.74, 6) is 0. The molecule has 1 N–H and O–H groups in total. The van der Waals surface area contributed by atoms with Gasteiger partial charge in [-0.3, -0.25) is 0 Å². The molecule has 2 aromatic rings. The number of hydrogen-bond acceptors (Lipinski definition) is 4. The van der Waals surface area contributed by atoms with E-state index in [1.807, 2.05) is 20.2 Å². The van der Waals surface area contributed by atoms with Crippen molar-refractivity contribution in [3.63, 3.8) is 0 Å². The number of rotatable bonds is 4. The molecule has 1 unspecified atom stereocenters. The molecule has 0 radical (unpaired) electrons. The third-order valence-electron chi connectivity index (χ3n) is 2.74. The molecule has 0 fully saturated rings. The molecule has 96 valence electrons. The molecule has 0 aliphatic carbocycles. The van der Waals surface area contributed by atoms with Gasteiger partial charge in [0.1, 0.15) is 6.33 Å². The van der Waals surface area contributed by atoms with Crippen LogP contribution >= 0.6 is 27.7 Å². The number of nitrogens with zero attached hydrogens (tertiary/aromatic N) is 3. The van der Waals surface area contributed by atoms with Crippen LogP contribution in [-0.4, -0.2) is 21.8 Å². The smallest absolute Gasteiger partial charge is 0.190 e. The van der Waals surface area contributed by atoms with Crippen LogP contribution in [0.15, 0.2) is 39.1 Å². The molecule has 18 heavy (non-hydrogen) atoms. The van der Waals surface area contributed by atoms with Crippen LogP contribution < -0.4 is 5.32 Å². The normalized spacial score (nSPS) is 12.7. The first-order valence-electron chi connectivity index (χ1n) is 5.60. The van der Waals surface area contributed by atoms with Gasteiger partial charge in [-0.2, -0.15) is 5.10 Å². The Bertz CT molecular complexity index is 541. The Morgan fingerprint density at radius 2 is 2.22 bits per heavy atom. The highest BCUT2D eigenvalue weighted by Crippen LogP contribution is 2.33. The van der Waals surface area contributed by atoms with Gasteiger partial charge in [0.05, 0.1) is 0 Å². The Kier molecular flexibility index (Phi) is 4.42. The van der Waals surface area contributed by atoms with Crippen molar-refractivity contribution >= 4 is 27.7 Å². The van der Waals surface area contributed by atoms with Gasteiger partial charge in [0.2, 0.25) is 0 Å². The minimum Gasteiger partial charge on any atom is -0.313 e. The molecular formula is C12H15BrN4S. The van der Waals surface area contributed by atoms with E-state index < -0.39 is 0 Å². The largest absolute Gasteiger partial charge is 0.313 e. The average Bonchev–Trinajstić information content (AvgIpc) is 2.76. The van der Waals surface area contributed by atoms with Crippen LogP contribution in [0.25, 0.3) is 0 Å². The van der Waals surface area contributed by atoms with Crippen molar-refractivity contribution in [3.8, 4) is 0 Å². The maximum Gasteiger partial charge on any atom is 0.190 e. The van der Waals surface area contributed by atoms with E-state index >= 15 is 0 Å². The Balaban J connectivity index is 2.35. The fourth-order valence-electron chi connectivity index (χ4n) is 1.58. The zero-order valence-electron chi connectivity index (χ0n) is 10.5. The van der Waals surface area contributed by atoms with Gasteiger partial charge in [0.25, 0.3) is 0 Å². The lowest BCUT2D eigenvalue weighted by Crippen LogP contribution is -2.13. The molecule has 0 saturated carbocycles. The van der Waals surface area contributed by atoms with E-state index in [0.29, 0.717) is 6.04 Å². The first-order valence-corrected chi connectivity index (χ1v) is 7.21. The van der Waals surface area contributed by atoms with E-state index in [1.165, 1.54) is 10.5 Å². The average molecular weight is 327 g/mol. The van der Waals surface area contributed by atoms with E-state index in [0.717, 1.165) is 9.63 Å². The van der Waals surface area contributed by atoms with Crippen molar-refractivity contribution in [2.75, 3.05) is 7.05 Å². The molecule has 0 spiro atoms. The molecule has 1 atom stereocenters. The van der Waals surface area contributed by atoms with Crippen LogP contribution in [0.5, 0.6) is 0 Å². The maximum absolute atomic E-state index is 4.24. The monoisotopic (exact) mass is 326 g/mol. The topological polar surface area (TPSA) is 42.7 Å². The van der Waals surface area contributed by atoms with Gasteiger partial charge in [-0.05, 0) is 49.5 Å². The summed E-state index contributed by atoms with van der Waals surface area (Å²) in [6, 6.07) is 6.58. The fraction of sp³-hybridized carbons (Fsp3) is 0.333. The summed E-state index contributed by atoms with van der Waals surface area (Å²) in [6.45, 7) is 2.14. The van der Waals surface area contributed by atoms with Gasteiger partial charge in [-0.1, -0.05) is 15.9 Å². The molecule has 0 saturated heterocycles. The number of aromatic nitrogens is 3. The lowest BCUT2D eigenvalue weighted by atomic mass is 10.1. The summed E-state index contributed by atoms with van der Waals surface area (Å²) < 4.78 is 2.86. The van der Waals surface area contributed by atoms with Gasteiger partial charge < -0.3 is 5.32 Å². The molecule has 6 heteroatoms. The van der Waals surface area contributed by atoms with E-state index in [1.54, 1.807) is 22.8 Å². The first kappa shape index (κ1) is 13.6. The summed E-state index contributed by atoms with van der Waals surface area (Å²) in [6.07, 6.45) is 1.57.